The van der Waals surface area contributed by atoms with E-state index in [4.69, 9.17) is 5.73 Å². The van der Waals surface area contributed by atoms with Gasteiger partial charge >= 0.3 is 0 Å². The summed E-state index contributed by atoms with van der Waals surface area (Å²) in [4.78, 5) is 16.1. The number of thiazole rings is 1. The highest BCUT2D eigenvalue weighted by molar-refractivity contribution is 14.1. The van der Waals surface area contributed by atoms with Gasteiger partial charge in [-0.05, 0) is 53.8 Å². The van der Waals surface area contributed by atoms with Gasteiger partial charge in [-0.1, -0.05) is 0 Å². The van der Waals surface area contributed by atoms with Crippen LogP contribution >= 0.6 is 33.9 Å². The van der Waals surface area contributed by atoms with E-state index >= 15 is 0 Å². The molecular weight excluding hydrogens is 361 g/mol. The van der Waals surface area contributed by atoms with Crippen LogP contribution in [0.2, 0.25) is 0 Å². The number of amides is 1. The topological polar surface area (TPSA) is 68.0 Å². The second kappa shape index (κ2) is 5.77. The van der Waals surface area contributed by atoms with Gasteiger partial charge in [0.1, 0.15) is 10.7 Å². The number of halogens is 1. The van der Waals surface area contributed by atoms with E-state index in [2.05, 4.69) is 32.9 Å². The minimum absolute atomic E-state index is 0.144. The molecule has 4 nitrogen and oxygen atoms in total. The lowest BCUT2D eigenvalue weighted by molar-refractivity contribution is 0.102. The van der Waals surface area contributed by atoms with E-state index in [1.54, 1.807) is 5.38 Å². The zero-order valence-electron chi connectivity index (χ0n) is 9.68. The van der Waals surface area contributed by atoms with Crippen molar-refractivity contribution < 1.29 is 4.79 Å². The zero-order chi connectivity index (χ0) is 13.1. The molecule has 0 aliphatic heterocycles. The molecule has 0 spiro atoms. The van der Waals surface area contributed by atoms with Crippen molar-refractivity contribution in [2.45, 2.75) is 13.0 Å². The molecule has 1 aromatic heterocycles. The first-order valence-corrected chi connectivity index (χ1v) is 7.30. The average Bonchev–Trinajstić information content (AvgIpc) is 2.81. The highest BCUT2D eigenvalue weighted by Crippen LogP contribution is 2.17. The van der Waals surface area contributed by atoms with Gasteiger partial charge in [-0.2, -0.15) is 0 Å². The summed E-state index contributed by atoms with van der Waals surface area (Å²) in [5.41, 5.74) is 6.88. The van der Waals surface area contributed by atoms with Gasteiger partial charge in [0.2, 0.25) is 0 Å². The van der Waals surface area contributed by atoms with Crippen LogP contribution in [0.25, 0.3) is 0 Å². The maximum absolute atomic E-state index is 11.9. The van der Waals surface area contributed by atoms with Crippen LogP contribution in [0.1, 0.15) is 28.5 Å². The van der Waals surface area contributed by atoms with Crippen molar-refractivity contribution in [3.63, 3.8) is 0 Å². The molecule has 6 heteroatoms. The van der Waals surface area contributed by atoms with E-state index in [1.165, 1.54) is 11.3 Å². The lowest BCUT2D eigenvalue weighted by atomic mass is 10.3. The van der Waals surface area contributed by atoms with Gasteiger partial charge in [0.05, 0.1) is 6.04 Å². The molecule has 0 bridgehead atoms. The van der Waals surface area contributed by atoms with Gasteiger partial charge in [-0.25, -0.2) is 4.98 Å². The zero-order valence-corrected chi connectivity index (χ0v) is 12.7. The van der Waals surface area contributed by atoms with Crippen LogP contribution in [0.3, 0.4) is 0 Å². The third-order valence-electron chi connectivity index (χ3n) is 2.25. The molecule has 1 heterocycles. The summed E-state index contributed by atoms with van der Waals surface area (Å²) in [5.74, 6) is -0.209. The molecule has 0 aliphatic carbocycles. The maximum atomic E-state index is 11.9. The molecule has 2 aromatic rings. The molecule has 1 amide bonds. The Morgan fingerprint density at radius 1 is 1.44 bits per heavy atom. The number of anilines is 1. The minimum Gasteiger partial charge on any atom is -0.322 e. The van der Waals surface area contributed by atoms with E-state index in [9.17, 15) is 4.79 Å². The number of hydrogen-bond donors (Lipinski definition) is 2. The van der Waals surface area contributed by atoms with Crippen LogP contribution in [0.5, 0.6) is 0 Å². The van der Waals surface area contributed by atoms with Crippen molar-refractivity contribution in [3.05, 3.63) is 43.9 Å². The summed E-state index contributed by atoms with van der Waals surface area (Å²) in [6.45, 7) is 1.85. The molecule has 0 aliphatic rings. The van der Waals surface area contributed by atoms with Crippen molar-refractivity contribution in [3.8, 4) is 0 Å². The Labute approximate surface area is 123 Å². The predicted octanol–water partition coefficient (Wildman–Crippen LogP) is 3.02. The average molecular weight is 373 g/mol. The van der Waals surface area contributed by atoms with Gasteiger partial charge in [-0.15, -0.1) is 11.3 Å². The largest absolute Gasteiger partial charge is 0.322 e. The number of rotatable bonds is 3. The van der Waals surface area contributed by atoms with E-state index < -0.39 is 0 Å². The molecular formula is C12H12IN3OS. The fourth-order valence-electron chi connectivity index (χ4n) is 1.33. The van der Waals surface area contributed by atoms with Crippen molar-refractivity contribution in [2.75, 3.05) is 5.32 Å². The standard InChI is InChI=1S/C12H12IN3OS/c1-7(14)12-16-10(6-18-12)11(17)15-9-4-2-8(13)3-5-9/h2-7H,14H2,1H3,(H,15,17). The van der Waals surface area contributed by atoms with E-state index in [0.29, 0.717) is 5.69 Å². The first-order chi connectivity index (χ1) is 8.56. The molecule has 18 heavy (non-hydrogen) atoms. The first kappa shape index (κ1) is 13.4. The lowest BCUT2D eigenvalue weighted by Gasteiger charge is -2.03. The lowest BCUT2D eigenvalue weighted by Crippen LogP contribution is -2.13. The van der Waals surface area contributed by atoms with Crippen LogP contribution in [-0.4, -0.2) is 10.9 Å². The highest BCUT2D eigenvalue weighted by Gasteiger charge is 2.12. The number of nitrogens with two attached hydrogens (primary N) is 1. The van der Waals surface area contributed by atoms with Crippen LogP contribution < -0.4 is 11.1 Å². The summed E-state index contributed by atoms with van der Waals surface area (Å²) in [7, 11) is 0. The molecule has 1 aromatic carbocycles. The predicted molar refractivity (Wildman–Crippen MR) is 81.8 cm³/mol. The van der Waals surface area contributed by atoms with Crippen molar-refractivity contribution in [1.29, 1.82) is 0 Å². The van der Waals surface area contributed by atoms with E-state index in [-0.39, 0.29) is 11.9 Å². The van der Waals surface area contributed by atoms with Gasteiger partial charge in [0.25, 0.3) is 5.91 Å². The summed E-state index contributed by atoms with van der Waals surface area (Å²) in [6, 6.07) is 7.45. The van der Waals surface area contributed by atoms with Crippen LogP contribution in [0.4, 0.5) is 5.69 Å². The normalized spacial score (nSPS) is 12.2. The van der Waals surface area contributed by atoms with Crippen molar-refractivity contribution in [2.24, 2.45) is 5.73 Å². The SMILES string of the molecule is CC(N)c1nc(C(=O)Nc2ccc(I)cc2)cs1. The monoisotopic (exact) mass is 373 g/mol. The number of aromatic nitrogens is 1. The Balaban J connectivity index is 2.09. The number of hydrogen-bond acceptors (Lipinski definition) is 4. The summed E-state index contributed by atoms with van der Waals surface area (Å²) in [5, 5.41) is 5.29. The molecule has 3 N–H and O–H groups in total. The summed E-state index contributed by atoms with van der Waals surface area (Å²) >= 11 is 3.62. The van der Waals surface area contributed by atoms with Crippen LogP contribution in [0.15, 0.2) is 29.6 Å². The fraction of sp³-hybridized carbons (Fsp3) is 0.167. The Hall–Kier alpha value is -0.990. The number of carbonyl (C=O) groups excluding carboxylic acids is 1. The second-order valence-corrected chi connectivity index (χ2v) is 5.96. The molecule has 0 radical (unpaired) electrons. The minimum atomic E-state index is -0.209. The third-order valence-corrected chi connectivity index (χ3v) is 4.01. The first-order valence-electron chi connectivity index (χ1n) is 5.34. The van der Waals surface area contributed by atoms with Crippen LogP contribution in [0, 0.1) is 3.57 Å². The maximum Gasteiger partial charge on any atom is 0.275 e. The smallest absolute Gasteiger partial charge is 0.275 e. The van der Waals surface area contributed by atoms with Gasteiger partial charge in [0, 0.05) is 14.6 Å². The highest BCUT2D eigenvalue weighted by atomic mass is 127. The van der Waals surface area contributed by atoms with Gasteiger partial charge in [0.15, 0.2) is 0 Å². The number of carbonyl (C=O) groups is 1. The number of nitrogens with one attached hydrogen (secondary N) is 1. The molecule has 1 unspecified atom stereocenters. The molecule has 2 rings (SSSR count). The Morgan fingerprint density at radius 3 is 2.67 bits per heavy atom. The van der Waals surface area contributed by atoms with Crippen molar-refractivity contribution in [1.82, 2.24) is 4.98 Å². The van der Waals surface area contributed by atoms with Crippen molar-refractivity contribution >= 4 is 45.5 Å². The third kappa shape index (κ3) is 3.27. The van der Waals surface area contributed by atoms with Gasteiger partial charge in [-0.3, -0.25) is 4.79 Å². The quantitative estimate of drug-likeness (QED) is 0.813. The summed E-state index contributed by atoms with van der Waals surface area (Å²) in [6.07, 6.45) is 0. The Kier molecular flexibility index (Phi) is 4.31. The van der Waals surface area contributed by atoms with Crippen LogP contribution in [-0.2, 0) is 0 Å². The number of benzene rings is 1. The summed E-state index contributed by atoms with van der Waals surface area (Å²) < 4.78 is 1.12. The number of nitrogens with zero attached hydrogens (tertiary/aromatic N) is 1. The molecule has 94 valence electrons. The Morgan fingerprint density at radius 2 is 2.11 bits per heavy atom. The molecule has 0 saturated heterocycles. The fourth-order valence-corrected chi connectivity index (χ4v) is 2.45. The van der Waals surface area contributed by atoms with E-state index in [0.717, 1.165) is 14.3 Å². The second-order valence-electron chi connectivity index (χ2n) is 3.82. The van der Waals surface area contributed by atoms with E-state index in [1.807, 2.05) is 31.2 Å². The Bertz CT molecular complexity index is 551. The molecule has 1 atom stereocenters. The van der Waals surface area contributed by atoms with Gasteiger partial charge < -0.3 is 11.1 Å². The molecule has 0 saturated carbocycles. The molecule has 0 fully saturated rings.